The van der Waals surface area contributed by atoms with E-state index in [0.29, 0.717) is 23.5 Å². The van der Waals surface area contributed by atoms with E-state index in [-0.39, 0.29) is 0 Å². The molecule has 2 fully saturated rings. The lowest BCUT2D eigenvalue weighted by atomic mass is 10.2. The van der Waals surface area contributed by atoms with Crippen LogP contribution in [0.3, 0.4) is 0 Å². The quantitative estimate of drug-likeness (QED) is 0.739. The van der Waals surface area contributed by atoms with Crippen molar-refractivity contribution in [2.75, 3.05) is 31.1 Å². The van der Waals surface area contributed by atoms with Crippen LogP contribution in [0.25, 0.3) is 11.2 Å². The number of anilines is 1. The van der Waals surface area contributed by atoms with Gasteiger partial charge in [-0.15, -0.1) is 0 Å². The van der Waals surface area contributed by atoms with Gasteiger partial charge in [0, 0.05) is 38.3 Å². The number of oxazole rings is 1. The molecule has 0 amide bonds. The molecule has 2 atom stereocenters. The van der Waals surface area contributed by atoms with Gasteiger partial charge < -0.3 is 14.1 Å². The molecular weight excluding hydrogens is 304 g/mol. The Morgan fingerprint density at radius 1 is 1.08 bits per heavy atom. The highest BCUT2D eigenvalue weighted by Gasteiger charge is 2.34. The molecular formula is C18H18N4O2. The lowest BCUT2D eigenvalue weighted by Crippen LogP contribution is -2.46. The van der Waals surface area contributed by atoms with Crippen molar-refractivity contribution in [3.05, 3.63) is 42.6 Å². The number of para-hydroxylation sites is 1. The Hall–Kier alpha value is -2.60. The maximum atomic E-state index is 5.89. The lowest BCUT2D eigenvalue weighted by molar-refractivity contribution is 0.304. The SMILES string of the molecule is c1ccc(Oc2cnc3oc(N4CCN5CC[C@@H]4C5)nc3c2)cc1. The molecule has 2 aromatic heterocycles. The number of benzene rings is 1. The van der Waals surface area contributed by atoms with Gasteiger partial charge >= 0.3 is 0 Å². The Kier molecular flexibility index (Phi) is 3.16. The highest BCUT2D eigenvalue weighted by Crippen LogP contribution is 2.30. The second-order valence-corrected chi connectivity index (χ2v) is 6.34. The fourth-order valence-corrected chi connectivity index (χ4v) is 3.55. The van der Waals surface area contributed by atoms with Crippen LogP contribution in [0.4, 0.5) is 6.01 Å². The van der Waals surface area contributed by atoms with Crippen molar-refractivity contribution in [2.24, 2.45) is 0 Å². The zero-order valence-corrected chi connectivity index (χ0v) is 13.3. The molecule has 2 bridgehead atoms. The van der Waals surface area contributed by atoms with Crippen molar-refractivity contribution in [1.29, 1.82) is 0 Å². The highest BCUT2D eigenvalue weighted by molar-refractivity contribution is 5.72. The van der Waals surface area contributed by atoms with Crippen molar-refractivity contribution in [1.82, 2.24) is 14.9 Å². The first kappa shape index (κ1) is 13.8. The molecule has 0 aliphatic carbocycles. The van der Waals surface area contributed by atoms with Crippen molar-refractivity contribution >= 4 is 17.2 Å². The Morgan fingerprint density at radius 2 is 2.00 bits per heavy atom. The van der Waals surface area contributed by atoms with Crippen LogP contribution in [-0.4, -0.2) is 47.1 Å². The largest absolute Gasteiger partial charge is 0.456 e. The minimum absolute atomic E-state index is 0.506. The zero-order valence-electron chi connectivity index (χ0n) is 13.3. The maximum Gasteiger partial charge on any atom is 0.300 e. The summed E-state index contributed by atoms with van der Waals surface area (Å²) in [6.07, 6.45) is 2.85. The average Bonchev–Trinajstić information content (AvgIpc) is 3.20. The normalized spacial score (nSPS) is 22.9. The molecule has 2 aliphatic heterocycles. The first-order valence-corrected chi connectivity index (χ1v) is 8.34. The van der Waals surface area contributed by atoms with Crippen LogP contribution in [0, 0.1) is 0 Å². The minimum atomic E-state index is 0.506. The number of piperazine rings is 1. The fourth-order valence-electron chi connectivity index (χ4n) is 3.55. The van der Waals surface area contributed by atoms with Gasteiger partial charge in [0.05, 0.1) is 6.20 Å². The maximum absolute atomic E-state index is 5.89. The summed E-state index contributed by atoms with van der Waals surface area (Å²) in [6, 6.07) is 12.7. The van der Waals surface area contributed by atoms with E-state index in [4.69, 9.17) is 9.15 Å². The van der Waals surface area contributed by atoms with E-state index in [0.717, 1.165) is 30.9 Å². The van der Waals surface area contributed by atoms with E-state index in [9.17, 15) is 0 Å². The fraction of sp³-hybridized carbons (Fsp3) is 0.333. The first-order valence-electron chi connectivity index (χ1n) is 8.34. The molecule has 2 aliphatic rings. The van der Waals surface area contributed by atoms with Gasteiger partial charge in [-0.25, -0.2) is 4.98 Å². The molecule has 6 nitrogen and oxygen atoms in total. The van der Waals surface area contributed by atoms with Gasteiger partial charge in [-0.05, 0) is 18.6 Å². The standard InChI is InChI=1S/C18H18N4O2/c1-2-4-14(5-3-1)23-15-10-16-17(19-11-15)24-18(20-16)22-9-8-21-7-6-13(22)12-21/h1-5,10-11,13H,6-9,12H2/t13-/m1/s1. The number of rotatable bonds is 3. The molecule has 122 valence electrons. The van der Waals surface area contributed by atoms with Crippen LogP contribution in [0.5, 0.6) is 11.5 Å². The van der Waals surface area contributed by atoms with E-state index in [1.54, 1.807) is 6.20 Å². The minimum Gasteiger partial charge on any atom is -0.456 e. The van der Waals surface area contributed by atoms with Gasteiger partial charge in [0.15, 0.2) is 0 Å². The van der Waals surface area contributed by atoms with Crippen molar-refractivity contribution in [3.63, 3.8) is 0 Å². The molecule has 0 saturated carbocycles. The summed E-state index contributed by atoms with van der Waals surface area (Å²) in [4.78, 5) is 13.8. The van der Waals surface area contributed by atoms with Crippen LogP contribution in [0.15, 0.2) is 47.0 Å². The van der Waals surface area contributed by atoms with E-state index in [1.807, 2.05) is 36.4 Å². The van der Waals surface area contributed by atoms with Gasteiger partial charge in [-0.1, -0.05) is 18.2 Å². The highest BCUT2D eigenvalue weighted by atomic mass is 16.5. The van der Waals surface area contributed by atoms with E-state index < -0.39 is 0 Å². The first-order chi connectivity index (χ1) is 11.8. The van der Waals surface area contributed by atoms with Gasteiger partial charge in [0.25, 0.3) is 6.01 Å². The monoisotopic (exact) mass is 322 g/mol. The molecule has 2 saturated heterocycles. The summed E-state index contributed by atoms with van der Waals surface area (Å²) >= 11 is 0. The van der Waals surface area contributed by atoms with Crippen molar-refractivity contribution in [2.45, 2.75) is 12.5 Å². The number of nitrogens with zero attached hydrogens (tertiary/aromatic N) is 4. The third-order valence-corrected chi connectivity index (χ3v) is 4.78. The van der Waals surface area contributed by atoms with Crippen LogP contribution >= 0.6 is 0 Å². The Morgan fingerprint density at radius 3 is 2.92 bits per heavy atom. The summed E-state index contributed by atoms with van der Waals surface area (Å²) in [5.74, 6) is 1.45. The summed E-state index contributed by atoms with van der Waals surface area (Å²) in [5, 5.41) is 0. The number of aromatic nitrogens is 2. The van der Waals surface area contributed by atoms with Crippen LogP contribution in [0.1, 0.15) is 6.42 Å². The lowest BCUT2D eigenvalue weighted by Gasteiger charge is -2.32. The number of ether oxygens (including phenoxy) is 1. The van der Waals surface area contributed by atoms with Gasteiger partial charge in [0.1, 0.15) is 17.0 Å². The van der Waals surface area contributed by atoms with Crippen molar-refractivity contribution in [3.8, 4) is 11.5 Å². The molecule has 24 heavy (non-hydrogen) atoms. The van der Waals surface area contributed by atoms with E-state index in [2.05, 4.69) is 19.8 Å². The summed E-state index contributed by atoms with van der Waals surface area (Å²) in [5.41, 5.74) is 1.30. The van der Waals surface area contributed by atoms with Crippen LogP contribution in [0.2, 0.25) is 0 Å². The predicted octanol–water partition coefficient (Wildman–Crippen LogP) is 2.91. The molecule has 0 spiro atoms. The third kappa shape index (κ3) is 2.39. The van der Waals surface area contributed by atoms with Crippen LogP contribution < -0.4 is 9.64 Å². The van der Waals surface area contributed by atoms with Crippen molar-refractivity contribution < 1.29 is 9.15 Å². The Balaban J connectivity index is 1.43. The number of hydrogen-bond acceptors (Lipinski definition) is 6. The summed E-state index contributed by atoms with van der Waals surface area (Å²) in [6.45, 7) is 4.32. The zero-order chi connectivity index (χ0) is 15.9. The number of hydrogen-bond donors (Lipinski definition) is 0. The molecule has 5 rings (SSSR count). The smallest absolute Gasteiger partial charge is 0.300 e. The van der Waals surface area contributed by atoms with Gasteiger partial charge in [0.2, 0.25) is 5.71 Å². The molecule has 3 aromatic rings. The Labute approximate surface area is 139 Å². The van der Waals surface area contributed by atoms with E-state index in [1.165, 1.54) is 13.0 Å². The number of fused-ring (bicyclic) bond motifs is 3. The average molecular weight is 322 g/mol. The topological polar surface area (TPSA) is 54.6 Å². The Bertz CT molecular complexity index is 864. The molecule has 6 heteroatoms. The van der Waals surface area contributed by atoms with Gasteiger partial charge in [-0.3, -0.25) is 4.90 Å². The molecule has 1 unspecified atom stereocenters. The molecule has 0 N–H and O–H groups in total. The van der Waals surface area contributed by atoms with Gasteiger partial charge in [-0.2, -0.15) is 4.98 Å². The molecule has 0 radical (unpaired) electrons. The molecule has 1 aromatic carbocycles. The predicted molar refractivity (Wildman–Crippen MR) is 90.5 cm³/mol. The summed E-state index contributed by atoms with van der Waals surface area (Å²) < 4.78 is 11.7. The number of pyridine rings is 1. The van der Waals surface area contributed by atoms with E-state index >= 15 is 0 Å². The second kappa shape index (κ2) is 5.49. The van der Waals surface area contributed by atoms with Crippen LogP contribution in [-0.2, 0) is 0 Å². The molecule has 4 heterocycles. The third-order valence-electron chi connectivity index (χ3n) is 4.78. The summed E-state index contributed by atoms with van der Waals surface area (Å²) in [7, 11) is 0. The second-order valence-electron chi connectivity index (χ2n) is 6.34.